The first-order chi connectivity index (χ1) is 18.1. The summed E-state index contributed by atoms with van der Waals surface area (Å²) >= 11 is 0. The maximum atomic E-state index is 13.9. The topological polar surface area (TPSA) is 63.2 Å². The van der Waals surface area contributed by atoms with Crippen LogP contribution in [0.1, 0.15) is 31.1 Å². The third-order valence-electron chi connectivity index (χ3n) is 6.06. The van der Waals surface area contributed by atoms with E-state index in [1.165, 1.54) is 0 Å². The number of nitrogens with one attached hydrogen (secondary N) is 1. The highest BCUT2D eigenvalue weighted by molar-refractivity contribution is 6.35. The summed E-state index contributed by atoms with van der Waals surface area (Å²) in [5.41, 5.74) is 1.33. The van der Waals surface area contributed by atoms with Gasteiger partial charge in [-0.25, -0.2) is 0 Å². The summed E-state index contributed by atoms with van der Waals surface area (Å²) in [5, 5.41) is 5.16. The molecule has 5 aromatic rings. The first-order valence-corrected chi connectivity index (χ1v) is 11.9. The van der Waals surface area contributed by atoms with Crippen molar-refractivity contribution in [2.75, 3.05) is 5.32 Å². The van der Waals surface area contributed by atoms with Crippen LogP contribution >= 0.6 is 0 Å². The zero-order valence-corrected chi connectivity index (χ0v) is 19.9. The number of anilines is 1. The standard InChI is InChI=1S/C33H23NO3/c35-31(24-13-4-1-5-14-24)29(32(36)25-15-6-2-7-16-25)30(33(37)26-17-8-3-9-18-26)34-28-21-20-23-12-10-11-19-27(23)22-28/h1-22,34H. The lowest BCUT2D eigenvalue weighted by molar-refractivity contribution is 0.0943. The monoisotopic (exact) mass is 481 g/mol. The van der Waals surface area contributed by atoms with E-state index in [0.717, 1.165) is 10.8 Å². The molecular formula is C33H23NO3. The minimum atomic E-state index is -0.526. The van der Waals surface area contributed by atoms with Crippen molar-refractivity contribution < 1.29 is 14.4 Å². The number of hydrogen-bond donors (Lipinski definition) is 1. The summed E-state index contributed by atoms with van der Waals surface area (Å²) in [6.07, 6.45) is 0. The maximum absolute atomic E-state index is 13.9. The molecule has 0 amide bonds. The van der Waals surface area contributed by atoms with Crippen LogP contribution in [0.3, 0.4) is 0 Å². The molecule has 0 heterocycles. The molecule has 0 aliphatic rings. The third-order valence-corrected chi connectivity index (χ3v) is 6.06. The van der Waals surface area contributed by atoms with Gasteiger partial charge in [-0.1, -0.05) is 121 Å². The van der Waals surface area contributed by atoms with Crippen molar-refractivity contribution in [3.05, 3.63) is 161 Å². The Labute approximate surface area is 214 Å². The third kappa shape index (κ3) is 5.14. The zero-order valence-electron chi connectivity index (χ0n) is 19.9. The second-order valence-electron chi connectivity index (χ2n) is 8.52. The van der Waals surface area contributed by atoms with Gasteiger partial charge in [0, 0.05) is 22.4 Å². The molecule has 0 aliphatic carbocycles. The van der Waals surface area contributed by atoms with Crippen LogP contribution in [-0.2, 0) is 0 Å². The minimum Gasteiger partial charge on any atom is -0.352 e. The van der Waals surface area contributed by atoms with Crippen molar-refractivity contribution in [1.29, 1.82) is 0 Å². The Kier molecular flexibility index (Phi) is 6.82. The van der Waals surface area contributed by atoms with E-state index in [-0.39, 0.29) is 11.3 Å². The van der Waals surface area contributed by atoms with E-state index < -0.39 is 17.3 Å². The van der Waals surface area contributed by atoms with E-state index in [4.69, 9.17) is 0 Å². The van der Waals surface area contributed by atoms with Gasteiger partial charge in [-0.2, -0.15) is 0 Å². The minimum absolute atomic E-state index is 0.0656. The molecule has 0 atom stereocenters. The van der Waals surface area contributed by atoms with Gasteiger partial charge in [0.1, 0.15) is 5.70 Å². The highest BCUT2D eigenvalue weighted by atomic mass is 16.2. The molecule has 37 heavy (non-hydrogen) atoms. The summed E-state index contributed by atoms with van der Waals surface area (Å²) in [6.45, 7) is 0. The Balaban J connectivity index is 1.73. The van der Waals surface area contributed by atoms with Crippen LogP contribution in [0.15, 0.2) is 145 Å². The lowest BCUT2D eigenvalue weighted by atomic mass is 9.91. The van der Waals surface area contributed by atoms with Crippen LogP contribution in [0.4, 0.5) is 5.69 Å². The Hall–Kier alpha value is -5.09. The molecule has 0 fully saturated rings. The SMILES string of the molecule is O=C(C(Nc1ccc2ccccc2c1)=C(C(=O)c1ccccc1)C(=O)c1ccccc1)c1ccccc1. The highest BCUT2D eigenvalue weighted by Crippen LogP contribution is 2.26. The first-order valence-electron chi connectivity index (χ1n) is 11.9. The molecule has 0 spiro atoms. The molecule has 4 heteroatoms. The fourth-order valence-corrected chi connectivity index (χ4v) is 4.18. The normalized spacial score (nSPS) is 10.5. The van der Waals surface area contributed by atoms with Crippen LogP contribution in [0, 0.1) is 0 Å². The molecule has 5 aromatic carbocycles. The van der Waals surface area contributed by atoms with Crippen molar-refractivity contribution in [1.82, 2.24) is 0 Å². The molecule has 0 aliphatic heterocycles. The van der Waals surface area contributed by atoms with Crippen molar-refractivity contribution in [2.45, 2.75) is 0 Å². The van der Waals surface area contributed by atoms with Crippen LogP contribution in [0.2, 0.25) is 0 Å². The Morgan fingerprint density at radius 3 is 1.38 bits per heavy atom. The van der Waals surface area contributed by atoms with E-state index >= 15 is 0 Å². The van der Waals surface area contributed by atoms with Gasteiger partial charge in [0.25, 0.3) is 0 Å². The van der Waals surface area contributed by atoms with Gasteiger partial charge in [0.05, 0.1) is 5.57 Å². The van der Waals surface area contributed by atoms with Gasteiger partial charge < -0.3 is 5.32 Å². The Morgan fingerprint density at radius 2 is 0.865 bits per heavy atom. The fourth-order valence-electron chi connectivity index (χ4n) is 4.18. The zero-order chi connectivity index (χ0) is 25.6. The van der Waals surface area contributed by atoms with Crippen LogP contribution in [0.5, 0.6) is 0 Å². The molecule has 5 rings (SSSR count). The van der Waals surface area contributed by atoms with Crippen LogP contribution in [-0.4, -0.2) is 17.3 Å². The largest absolute Gasteiger partial charge is 0.352 e. The molecule has 0 unspecified atom stereocenters. The molecule has 4 nitrogen and oxygen atoms in total. The Bertz CT molecular complexity index is 1570. The molecule has 178 valence electrons. The summed E-state index contributed by atoms with van der Waals surface area (Å²) in [5.74, 6) is -1.50. The van der Waals surface area contributed by atoms with E-state index in [9.17, 15) is 14.4 Å². The van der Waals surface area contributed by atoms with Crippen molar-refractivity contribution in [3.8, 4) is 0 Å². The van der Waals surface area contributed by atoms with Gasteiger partial charge in [-0.3, -0.25) is 14.4 Å². The Morgan fingerprint density at radius 1 is 0.432 bits per heavy atom. The molecule has 0 bridgehead atoms. The van der Waals surface area contributed by atoms with Gasteiger partial charge in [0.2, 0.25) is 5.78 Å². The van der Waals surface area contributed by atoms with Crippen molar-refractivity contribution >= 4 is 33.8 Å². The number of hydrogen-bond acceptors (Lipinski definition) is 4. The van der Waals surface area contributed by atoms with Gasteiger partial charge >= 0.3 is 0 Å². The second kappa shape index (κ2) is 10.7. The first kappa shape index (κ1) is 23.6. The molecule has 0 radical (unpaired) electrons. The van der Waals surface area contributed by atoms with Gasteiger partial charge in [-0.15, -0.1) is 0 Å². The summed E-state index contributed by atoms with van der Waals surface area (Å²) in [4.78, 5) is 41.6. The number of ketones is 3. The van der Waals surface area contributed by atoms with E-state index in [2.05, 4.69) is 5.32 Å². The number of carbonyl (C=O) groups is 3. The molecule has 0 saturated heterocycles. The quantitative estimate of drug-likeness (QED) is 0.111. The van der Waals surface area contributed by atoms with Crippen molar-refractivity contribution in [2.24, 2.45) is 0 Å². The predicted molar refractivity (Wildman–Crippen MR) is 147 cm³/mol. The van der Waals surface area contributed by atoms with Crippen molar-refractivity contribution in [3.63, 3.8) is 0 Å². The smallest absolute Gasteiger partial charge is 0.210 e. The molecule has 1 N–H and O–H groups in total. The number of Topliss-reactive ketones (excluding diaryl/α,β-unsaturated/α-hetero) is 3. The average molecular weight is 482 g/mol. The summed E-state index contributed by atoms with van der Waals surface area (Å²) < 4.78 is 0. The second-order valence-corrected chi connectivity index (χ2v) is 8.52. The summed E-state index contributed by atoms with van der Waals surface area (Å²) in [7, 11) is 0. The fraction of sp³-hybridized carbons (Fsp3) is 0. The lowest BCUT2D eigenvalue weighted by Crippen LogP contribution is -2.24. The number of carbonyl (C=O) groups excluding carboxylic acids is 3. The maximum Gasteiger partial charge on any atom is 0.210 e. The van der Waals surface area contributed by atoms with Crippen LogP contribution in [0.25, 0.3) is 10.8 Å². The number of benzene rings is 5. The van der Waals surface area contributed by atoms with Crippen LogP contribution < -0.4 is 5.32 Å². The highest BCUT2D eigenvalue weighted by Gasteiger charge is 2.29. The molecule has 0 aromatic heterocycles. The van der Waals surface area contributed by atoms with E-state index in [1.54, 1.807) is 84.9 Å². The number of allylic oxidation sites excluding steroid dienone is 2. The van der Waals surface area contributed by atoms with Gasteiger partial charge in [-0.05, 0) is 22.9 Å². The van der Waals surface area contributed by atoms with E-state index in [1.807, 2.05) is 48.5 Å². The summed E-state index contributed by atoms with van der Waals surface area (Å²) in [6, 6.07) is 39.2. The number of fused-ring (bicyclic) bond motifs is 1. The van der Waals surface area contributed by atoms with Gasteiger partial charge in [0.15, 0.2) is 11.6 Å². The number of rotatable bonds is 8. The molecular weight excluding hydrogens is 458 g/mol. The average Bonchev–Trinajstić information content (AvgIpc) is 2.97. The van der Waals surface area contributed by atoms with E-state index in [0.29, 0.717) is 22.4 Å². The lowest BCUT2D eigenvalue weighted by Gasteiger charge is -2.17. The molecule has 0 saturated carbocycles. The predicted octanol–water partition coefficient (Wildman–Crippen LogP) is 7.15.